The Bertz CT molecular complexity index is 1050. The SMILES string of the molecule is COC(=O)CC(c1cccnc1)c1c(Cc2cc(F)c(F)cc2F)[nH][nH]c1=O. The lowest BCUT2D eigenvalue weighted by Gasteiger charge is -2.16. The van der Waals surface area contributed by atoms with E-state index in [-0.39, 0.29) is 29.7 Å². The Hall–Kier alpha value is -3.36. The van der Waals surface area contributed by atoms with Gasteiger partial charge in [-0.05, 0) is 23.3 Å². The highest BCUT2D eigenvalue weighted by atomic mass is 19.2. The third kappa shape index (κ3) is 3.98. The Morgan fingerprint density at radius 1 is 1.18 bits per heavy atom. The Morgan fingerprint density at radius 2 is 1.93 bits per heavy atom. The van der Waals surface area contributed by atoms with Gasteiger partial charge in [0.1, 0.15) is 5.82 Å². The molecule has 0 aliphatic carbocycles. The van der Waals surface area contributed by atoms with Crippen LogP contribution in [0, 0.1) is 17.5 Å². The van der Waals surface area contributed by atoms with Crippen molar-refractivity contribution >= 4 is 5.97 Å². The van der Waals surface area contributed by atoms with E-state index < -0.39 is 34.9 Å². The van der Waals surface area contributed by atoms with Crippen molar-refractivity contribution in [3.05, 3.63) is 86.8 Å². The molecular weight excluding hydrogens is 375 g/mol. The first-order valence-corrected chi connectivity index (χ1v) is 8.30. The molecule has 0 saturated heterocycles. The summed E-state index contributed by atoms with van der Waals surface area (Å²) in [6.45, 7) is 0. The molecule has 0 aliphatic heterocycles. The van der Waals surface area contributed by atoms with Crippen molar-refractivity contribution in [2.45, 2.75) is 18.8 Å². The van der Waals surface area contributed by atoms with E-state index in [9.17, 15) is 22.8 Å². The summed E-state index contributed by atoms with van der Waals surface area (Å²) in [6.07, 6.45) is 2.67. The molecule has 0 amide bonds. The molecule has 0 radical (unpaired) electrons. The zero-order valence-electron chi connectivity index (χ0n) is 14.8. The quantitative estimate of drug-likeness (QED) is 0.500. The number of carbonyl (C=O) groups is 1. The normalized spacial score (nSPS) is 12.0. The molecule has 3 aromatic rings. The Kier molecular flexibility index (Phi) is 5.62. The molecule has 1 atom stereocenters. The number of hydrogen-bond acceptors (Lipinski definition) is 4. The summed E-state index contributed by atoms with van der Waals surface area (Å²) in [6, 6.07) is 4.52. The summed E-state index contributed by atoms with van der Waals surface area (Å²) in [7, 11) is 1.22. The van der Waals surface area contributed by atoms with Crippen LogP contribution in [-0.4, -0.2) is 28.3 Å². The van der Waals surface area contributed by atoms with E-state index in [0.29, 0.717) is 11.6 Å². The van der Waals surface area contributed by atoms with E-state index in [4.69, 9.17) is 4.74 Å². The fourth-order valence-corrected chi connectivity index (χ4v) is 3.02. The minimum atomic E-state index is -1.30. The molecule has 0 spiro atoms. The summed E-state index contributed by atoms with van der Waals surface area (Å²) in [4.78, 5) is 28.3. The molecule has 0 fully saturated rings. The number of rotatable bonds is 6. The van der Waals surface area contributed by atoms with Gasteiger partial charge in [-0.1, -0.05) is 6.07 Å². The van der Waals surface area contributed by atoms with Crippen LogP contribution in [0.25, 0.3) is 0 Å². The molecule has 2 aromatic heterocycles. The molecule has 9 heteroatoms. The number of esters is 1. The maximum Gasteiger partial charge on any atom is 0.306 e. The van der Waals surface area contributed by atoms with Gasteiger partial charge in [-0.15, -0.1) is 0 Å². The molecule has 1 unspecified atom stereocenters. The number of carbonyl (C=O) groups excluding carboxylic acids is 1. The number of aromatic amines is 2. The van der Waals surface area contributed by atoms with Crippen molar-refractivity contribution in [3.8, 4) is 0 Å². The van der Waals surface area contributed by atoms with Gasteiger partial charge in [0.25, 0.3) is 5.56 Å². The maximum atomic E-state index is 14.1. The number of benzene rings is 1. The van der Waals surface area contributed by atoms with Crippen molar-refractivity contribution in [1.82, 2.24) is 15.2 Å². The number of nitrogens with one attached hydrogen (secondary N) is 2. The van der Waals surface area contributed by atoms with Crippen molar-refractivity contribution in [2.24, 2.45) is 0 Å². The second-order valence-electron chi connectivity index (χ2n) is 6.13. The molecule has 1 aromatic carbocycles. The van der Waals surface area contributed by atoms with E-state index in [1.54, 1.807) is 12.1 Å². The second kappa shape index (κ2) is 8.12. The number of hydrogen-bond donors (Lipinski definition) is 2. The summed E-state index contributed by atoms with van der Waals surface area (Å²) in [5, 5.41) is 5.03. The number of aromatic nitrogens is 3. The minimum Gasteiger partial charge on any atom is -0.469 e. The standard InChI is InChI=1S/C19H16F3N3O3/c1-28-17(26)7-12(10-3-2-4-23-9-10)18-16(24-25-19(18)27)6-11-5-14(21)15(22)8-13(11)20/h2-5,8-9,12H,6-7H2,1H3,(H2,24,25,27). The highest BCUT2D eigenvalue weighted by Crippen LogP contribution is 2.29. The molecule has 146 valence electrons. The van der Waals surface area contributed by atoms with Crippen molar-refractivity contribution in [3.63, 3.8) is 0 Å². The lowest BCUT2D eigenvalue weighted by Crippen LogP contribution is -2.18. The molecule has 0 saturated carbocycles. The largest absolute Gasteiger partial charge is 0.469 e. The highest BCUT2D eigenvalue weighted by molar-refractivity contribution is 5.71. The van der Waals surface area contributed by atoms with Crippen molar-refractivity contribution < 1.29 is 22.7 Å². The molecule has 3 rings (SSSR count). The van der Waals surface area contributed by atoms with E-state index >= 15 is 0 Å². The molecule has 6 nitrogen and oxygen atoms in total. The first-order chi connectivity index (χ1) is 13.4. The summed E-state index contributed by atoms with van der Waals surface area (Å²) >= 11 is 0. The summed E-state index contributed by atoms with van der Waals surface area (Å²) in [5.41, 5.74) is 0.328. The predicted molar refractivity (Wildman–Crippen MR) is 93.2 cm³/mol. The van der Waals surface area contributed by atoms with Crippen LogP contribution in [0.15, 0.2) is 41.5 Å². The van der Waals surface area contributed by atoms with Gasteiger partial charge < -0.3 is 9.84 Å². The Balaban J connectivity index is 2.06. The first-order valence-electron chi connectivity index (χ1n) is 8.30. The van der Waals surface area contributed by atoms with Crippen molar-refractivity contribution in [2.75, 3.05) is 7.11 Å². The number of nitrogens with zero attached hydrogens (tertiary/aromatic N) is 1. The average molecular weight is 391 g/mol. The number of pyridine rings is 1. The highest BCUT2D eigenvalue weighted by Gasteiger charge is 2.26. The van der Waals surface area contributed by atoms with E-state index in [2.05, 4.69) is 15.2 Å². The molecule has 2 heterocycles. The van der Waals surface area contributed by atoms with E-state index in [1.165, 1.54) is 19.5 Å². The molecule has 28 heavy (non-hydrogen) atoms. The fourth-order valence-electron chi connectivity index (χ4n) is 3.02. The predicted octanol–water partition coefficient (Wildman–Crippen LogP) is 2.80. The van der Waals surface area contributed by atoms with E-state index in [1.807, 2.05) is 0 Å². The van der Waals surface area contributed by atoms with Crippen LogP contribution in [0.3, 0.4) is 0 Å². The van der Waals surface area contributed by atoms with Gasteiger partial charge in [0.05, 0.1) is 13.5 Å². The third-order valence-corrected chi connectivity index (χ3v) is 4.39. The zero-order valence-corrected chi connectivity index (χ0v) is 14.8. The number of H-pyrrole nitrogens is 2. The average Bonchev–Trinajstić information content (AvgIpc) is 3.04. The van der Waals surface area contributed by atoms with Crippen LogP contribution in [-0.2, 0) is 16.0 Å². The van der Waals surface area contributed by atoms with Gasteiger partial charge in [-0.3, -0.25) is 19.7 Å². The lowest BCUT2D eigenvalue weighted by atomic mass is 9.88. The topological polar surface area (TPSA) is 87.8 Å². The Morgan fingerprint density at radius 3 is 2.61 bits per heavy atom. The van der Waals surface area contributed by atoms with Gasteiger partial charge in [0, 0.05) is 42.1 Å². The van der Waals surface area contributed by atoms with Crippen LogP contribution in [0.2, 0.25) is 0 Å². The van der Waals surface area contributed by atoms with E-state index in [0.717, 1.165) is 6.07 Å². The number of halogens is 3. The van der Waals surface area contributed by atoms with Gasteiger partial charge >= 0.3 is 5.97 Å². The number of methoxy groups -OCH3 is 1. The molecular formula is C19H16F3N3O3. The first kappa shape index (κ1) is 19.4. The van der Waals surface area contributed by atoms with Crippen LogP contribution in [0.1, 0.15) is 34.7 Å². The maximum absolute atomic E-state index is 14.1. The molecule has 2 N–H and O–H groups in total. The molecule has 0 aliphatic rings. The third-order valence-electron chi connectivity index (χ3n) is 4.39. The van der Waals surface area contributed by atoms with Crippen LogP contribution in [0.4, 0.5) is 13.2 Å². The zero-order chi connectivity index (χ0) is 20.3. The number of ether oxygens (including phenoxy) is 1. The van der Waals surface area contributed by atoms with Crippen LogP contribution < -0.4 is 5.56 Å². The molecule has 0 bridgehead atoms. The van der Waals surface area contributed by atoms with Gasteiger partial charge in [0.15, 0.2) is 11.6 Å². The minimum absolute atomic E-state index is 0.140. The van der Waals surface area contributed by atoms with Gasteiger partial charge in [-0.25, -0.2) is 13.2 Å². The van der Waals surface area contributed by atoms with Crippen molar-refractivity contribution in [1.29, 1.82) is 0 Å². The van der Waals surface area contributed by atoms with Crippen LogP contribution in [0.5, 0.6) is 0 Å². The lowest BCUT2D eigenvalue weighted by molar-refractivity contribution is -0.140. The van der Waals surface area contributed by atoms with Gasteiger partial charge in [-0.2, -0.15) is 0 Å². The second-order valence-corrected chi connectivity index (χ2v) is 6.13. The smallest absolute Gasteiger partial charge is 0.306 e. The van der Waals surface area contributed by atoms with Crippen LogP contribution >= 0.6 is 0 Å². The van der Waals surface area contributed by atoms with Gasteiger partial charge in [0.2, 0.25) is 0 Å². The Labute approximate surface area is 157 Å². The summed E-state index contributed by atoms with van der Waals surface area (Å²) < 4.78 is 45.5. The fraction of sp³-hybridized carbons (Fsp3) is 0.211. The summed E-state index contributed by atoms with van der Waals surface area (Å²) in [5.74, 6) is -4.73. The monoisotopic (exact) mass is 391 g/mol.